The van der Waals surface area contributed by atoms with Crippen molar-refractivity contribution in [2.45, 2.75) is 65.6 Å². The summed E-state index contributed by atoms with van der Waals surface area (Å²) in [4.78, 5) is 41.4. The number of anilines is 1. The summed E-state index contributed by atoms with van der Waals surface area (Å²) in [6.45, 7) is 10.2. The average Bonchev–Trinajstić information content (AvgIpc) is 2.91. The van der Waals surface area contributed by atoms with Crippen LogP contribution in [0.4, 0.5) is 15.3 Å². The van der Waals surface area contributed by atoms with Crippen molar-refractivity contribution in [3.05, 3.63) is 89.5 Å². The second-order valence-electron chi connectivity index (χ2n) is 11.6. The third-order valence-electron chi connectivity index (χ3n) is 5.58. The number of aliphatic imine (C=N–C) groups is 1. The lowest BCUT2D eigenvalue weighted by Crippen LogP contribution is -2.40. The number of methoxy groups -OCH3 is 1. The predicted molar refractivity (Wildman–Crippen MR) is 165 cm³/mol. The summed E-state index contributed by atoms with van der Waals surface area (Å²) in [6, 6.07) is 21.9. The monoisotopic (exact) mass is 589 g/mol. The molecule has 0 atom stereocenters. The topological polar surface area (TPSA) is 125 Å². The van der Waals surface area contributed by atoms with Crippen LogP contribution in [0.1, 0.15) is 63.0 Å². The summed E-state index contributed by atoms with van der Waals surface area (Å²) in [5, 5.41) is 5.26. The fourth-order valence-corrected chi connectivity index (χ4v) is 3.73. The van der Waals surface area contributed by atoms with E-state index in [1.807, 2.05) is 30.3 Å². The van der Waals surface area contributed by atoms with Crippen molar-refractivity contribution in [3.63, 3.8) is 0 Å². The molecule has 0 spiro atoms. The van der Waals surface area contributed by atoms with E-state index in [4.69, 9.17) is 18.9 Å². The van der Waals surface area contributed by atoms with Crippen molar-refractivity contribution in [2.24, 2.45) is 4.99 Å². The van der Waals surface area contributed by atoms with Crippen molar-refractivity contribution in [1.82, 2.24) is 5.32 Å². The number of hydrogen-bond donors (Lipinski definition) is 2. The third-order valence-corrected chi connectivity index (χ3v) is 5.58. The SMILES string of the molecule is COc1cc(CCc2ccccc2)ccc1OC(=O)c1ccc(N/C(=N\C(=O)OC(C)(C)C)NC(=O)OC(C)(C)C)cc1. The molecule has 43 heavy (non-hydrogen) atoms. The minimum absolute atomic E-state index is 0.212. The van der Waals surface area contributed by atoms with Crippen molar-refractivity contribution < 1.29 is 33.3 Å². The van der Waals surface area contributed by atoms with Gasteiger partial charge in [0.25, 0.3) is 0 Å². The predicted octanol–water partition coefficient (Wildman–Crippen LogP) is 6.93. The number of alkyl carbamates (subject to hydrolysis) is 1. The largest absolute Gasteiger partial charge is 0.493 e. The molecule has 228 valence electrons. The van der Waals surface area contributed by atoms with Crippen LogP contribution >= 0.6 is 0 Å². The number of benzene rings is 3. The first-order valence-electron chi connectivity index (χ1n) is 13.8. The van der Waals surface area contributed by atoms with Crippen LogP contribution in [-0.2, 0) is 22.3 Å². The Balaban J connectivity index is 1.69. The van der Waals surface area contributed by atoms with E-state index in [1.54, 1.807) is 59.7 Å². The smallest absolute Gasteiger partial charge is 0.437 e. The van der Waals surface area contributed by atoms with E-state index in [9.17, 15) is 14.4 Å². The minimum atomic E-state index is -0.911. The molecule has 3 aromatic rings. The molecule has 2 N–H and O–H groups in total. The number of amides is 2. The number of guanidine groups is 1. The highest BCUT2D eigenvalue weighted by atomic mass is 16.6. The standard InChI is InChI=1S/C33H39N3O7/c1-32(2,3)42-30(38)35-29(36-31(39)43-33(4,5)6)34-25-18-16-24(17-19-25)28(37)41-26-20-15-23(21-27(26)40-7)14-13-22-11-9-8-10-12-22/h8-12,15-21H,13-14H2,1-7H3,(H2,34,35,36,38,39). The molecule has 10 nitrogen and oxygen atoms in total. The Kier molecular flexibility index (Phi) is 10.9. The second-order valence-corrected chi connectivity index (χ2v) is 11.6. The zero-order valence-corrected chi connectivity index (χ0v) is 25.6. The van der Waals surface area contributed by atoms with Gasteiger partial charge in [-0.2, -0.15) is 0 Å². The zero-order valence-electron chi connectivity index (χ0n) is 25.6. The van der Waals surface area contributed by atoms with Gasteiger partial charge in [-0.15, -0.1) is 4.99 Å². The van der Waals surface area contributed by atoms with Gasteiger partial charge in [0.15, 0.2) is 11.5 Å². The van der Waals surface area contributed by atoms with Gasteiger partial charge in [0.1, 0.15) is 11.2 Å². The molecule has 0 saturated carbocycles. The van der Waals surface area contributed by atoms with E-state index >= 15 is 0 Å². The Morgan fingerprint density at radius 1 is 0.744 bits per heavy atom. The number of nitrogens with zero attached hydrogens (tertiary/aromatic N) is 1. The number of ether oxygens (including phenoxy) is 4. The van der Waals surface area contributed by atoms with E-state index in [0.717, 1.165) is 18.4 Å². The molecule has 2 amide bonds. The molecule has 3 rings (SSSR count). The second kappa shape index (κ2) is 14.4. The number of carbonyl (C=O) groups is 3. The van der Waals surface area contributed by atoms with E-state index in [-0.39, 0.29) is 11.5 Å². The van der Waals surface area contributed by atoms with Crippen molar-refractivity contribution in [1.29, 1.82) is 0 Å². The van der Waals surface area contributed by atoms with E-state index < -0.39 is 29.4 Å². The lowest BCUT2D eigenvalue weighted by atomic mass is 10.0. The molecular weight excluding hydrogens is 550 g/mol. The zero-order chi connectivity index (χ0) is 31.6. The van der Waals surface area contributed by atoms with Gasteiger partial charge >= 0.3 is 18.2 Å². The van der Waals surface area contributed by atoms with Gasteiger partial charge in [0, 0.05) is 5.69 Å². The molecule has 0 radical (unpaired) electrons. The highest BCUT2D eigenvalue weighted by Gasteiger charge is 2.21. The Hall–Kier alpha value is -4.86. The highest BCUT2D eigenvalue weighted by Crippen LogP contribution is 2.29. The van der Waals surface area contributed by atoms with Gasteiger partial charge in [-0.3, -0.25) is 5.32 Å². The molecule has 0 heterocycles. The summed E-state index contributed by atoms with van der Waals surface area (Å²) < 4.78 is 21.6. The van der Waals surface area contributed by atoms with Crippen LogP contribution in [0.3, 0.4) is 0 Å². The van der Waals surface area contributed by atoms with Gasteiger partial charge in [0.05, 0.1) is 12.7 Å². The Bertz CT molecular complexity index is 1440. The van der Waals surface area contributed by atoms with Crippen LogP contribution in [0, 0.1) is 0 Å². The van der Waals surface area contributed by atoms with Crippen LogP contribution < -0.4 is 20.1 Å². The molecule has 0 aliphatic heterocycles. The molecule has 0 fully saturated rings. The summed E-state index contributed by atoms with van der Waals surface area (Å²) in [7, 11) is 1.52. The van der Waals surface area contributed by atoms with Gasteiger partial charge < -0.3 is 24.3 Å². The van der Waals surface area contributed by atoms with Gasteiger partial charge in [0.2, 0.25) is 5.96 Å². The molecule has 0 bridgehead atoms. The maximum Gasteiger partial charge on any atom is 0.437 e. The number of carbonyl (C=O) groups excluding carboxylic acids is 3. The van der Waals surface area contributed by atoms with Crippen LogP contribution in [0.5, 0.6) is 11.5 Å². The van der Waals surface area contributed by atoms with Crippen LogP contribution in [0.15, 0.2) is 77.8 Å². The quantitative estimate of drug-likeness (QED) is 0.132. The summed E-state index contributed by atoms with van der Waals surface area (Å²) >= 11 is 0. The Labute approximate surface area is 252 Å². The summed E-state index contributed by atoms with van der Waals surface area (Å²) in [6.07, 6.45) is -0.0414. The van der Waals surface area contributed by atoms with Crippen molar-refractivity contribution >= 4 is 29.8 Å². The highest BCUT2D eigenvalue weighted by molar-refractivity contribution is 6.06. The van der Waals surface area contributed by atoms with Crippen LogP contribution in [-0.4, -0.2) is 42.4 Å². The number of rotatable bonds is 7. The average molecular weight is 590 g/mol. The third kappa shape index (κ3) is 11.5. The molecule has 0 aromatic heterocycles. The van der Waals surface area contributed by atoms with E-state index in [1.165, 1.54) is 24.8 Å². The molecule has 3 aromatic carbocycles. The van der Waals surface area contributed by atoms with Crippen LogP contribution in [0.25, 0.3) is 0 Å². The van der Waals surface area contributed by atoms with Crippen molar-refractivity contribution in [2.75, 3.05) is 12.4 Å². The first-order valence-corrected chi connectivity index (χ1v) is 13.8. The van der Waals surface area contributed by atoms with E-state index in [0.29, 0.717) is 17.2 Å². The molecule has 0 unspecified atom stereocenters. The first-order chi connectivity index (χ1) is 20.2. The lowest BCUT2D eigenvalue weighted by Gasteiger charge is -2.21. The Morgan fingerprint density at radius 2 is 1.37 bits per heavy atom. The van der Waals surface area contributed by atoms with Gasteiger partial charge in [-0.25, -0.2) is 14.4 Å². The lowest BCUT2D eigenvalue weighted by molar-refractivity contribution is 0.0561. The molecular formula is C33H39N3O7. The fourth-order valence-electron chi connectivity index (χ4n) is 3.73. The maximum absolute atomic E-state index is 12.9. The number of nitrogens with one attached hydrogen (secondary N) is 2. The van der Waals surface area contributed by atoms with E-state index in [2.05, 4.69) is 27.8 Å². The normalized spacial score (nSPS) is 11.7. The molecule has 0 aliphatic carbocycles. The van der Waals surface area contributed by atoms with Crippen molar-refractivity contribution in [3.8, 4) is 11.5 Å². The fraction of sp³-hybridized carbons (Fsp3) is 0.333. The summed E-state index contributed by atoms with van der Waals surface area (Å²) in [5.41, 5.74) is 1.43. The number of hydrogen-bond acceptors (Lipinski definition) is 7. The van der Waals surface area contributed by atoms with Gasteiger partial charge in [-0.1, -0.05) is 36.4 Å². The number of aryl methyl sites for hydroxylation is 2. The Morgan fingerprint density at radius 3 is 1.98 bits per heavy atom. The van der Waals surface area contributed by atoms with Gasteiger partial charge in [-0.05, 0) is 102 Å². The summed E-state index contributed by atoms with van der Waals surface area (Å²) in [5.74, 6) is -0.0488. The first kappa shape index (κ1) is 32.7. The minimum Gasteiger partial charge on any atom is -0.493 e. The number of esters is 1. The molecule has 0 aliphatic rings. The van der Waals surface area contributed by atoms with Crippen LogP contribution in [0.2, 0.25) is 0 Å². The molecule has 10 heteroatoms. The molecule has 0 saturated heterocycles. The maximum atomic E-state index is 12.9.